The molecule has 1 fully saturated rings. The number of carbonyl (C=O) groups excluding carboxylic acids is 1. The van der Waals surface area contributed by atoms with Crippen molar-refractivity contribution in [2.75, 3.05) is 19.6 Å². The summed E-state index contributed by atoms with van der Waals surface area (Å²) in [6, 6.07) is 3.95. The van der Waals surface area contributed by atoms with Gasteiger partial charge in [-0.25, -0.2) is 12.8 Å². The van der Waals surface area contributed by atoms with Crippen LogP contribution >= 0.6 is 0 Å². The van der Waals surface area contributed by atoms with Crippen LogP contribution in [0.25, 0.3) is 0 Å². The number of hydrogen-bond donors (Lipinski definition) is 1. The van der Waals surface area contributed by atoms with Crippen LogP contribution in [-0.2, 0) is 14.8 Å². The Labute approximate surface area is 111 Å². The van der Waals surface area contributed by atoms with Gasteiger partial charge in [0.05, 0.1) is 6.54 Å². The number of rotatable bonds is 2. The number of carbonyl (C=O) groups is 1. The lowest BCUT2D eigenvalue weighted by Crippen LogP contribution is -2.37. The standard InChI is InChI=1S/C12H15FN2O3S/c1-9-3-4-11(10(13)7-9)19(17,18)15-6-2-5-14-12(16)8-15/h3-4,7H,2,5-6,8H2,1H3,(H,14,16). The Balaban J connectivity index is 2.38. The molecule has 1 aliphatic rings. The summed E-state index contributed by atoms with van der Waals surface area (Å²) >= 11 is 0. The second-order valence-electron chi connectivity index (χ2n) is 4.48. The molecule has 0 spiro atoms. The van der Waals surface area contributed by atoms with E-state index in [0.717, 1.165) is 4.31 Å². The first-order valence-corrected chi connectivity index (χ1v) is 7.38. The van der Waals surface area contributed by atoms with Crippen LogP contribution in [0.5, 0.6) is 0 Å². The summed E-state index contributed by atoms with van der Waals surface area (Å²) in [5.74, 6) is -1.15. The minimum atomic E-state index is -3.97. The maximum atomic E-state index is 13.8. The number of sulfonamides is 1. The Hall–Kier alpha value is -1.47. The highest BCUT2D eigenvalue weighted by Gasteiger charge is 2.30. The minimum absolute atomic E-state index is 0.203. The molecule has 0 unspecified atom stereocenters. The van der Waals surface area contributed by atoms with Crippen LogP contribution in [0.4, 0.5) is 4.39 Å². The Morgan fingerprint density at radius 2 is 2.11 bits per heavy atom. The zero-order valence-corrected chi connectivity index (χ0v) is 11.3. The van der Waals surface area contributed by atoms with Gasteiger partial charge in [-0.2, -0.15) is 4.31 Å². The van der Waals surface area contributed by atoms with Gasteiger partial charge in [-0.15, -0.1) is 0 Å². The van der Waals surface area contributed by atoms with Crippen molar-refractivity contribution in [3.8, 4) is 0 Å². The van der Waals surface area contributed by atoms with Gasteiger partial charge >= 0.3 is 0 Å². The van der Waals surface area contributed by atoms with E-state index in [4.69, 9.17) is 0 Å². The second kappa shape index (κ2) is 5.26. The first kappa shape index (κ1) is 14.0. The summed E-state index contributed by atoms with van der Waals surface area (Å²) < 4.78 is 39.5. The van der Waals surface area contributed by atoms with E-state index >= 15 is 0 Å². The predicted octanol–water partition coefficient (Wildman–Crippen LogP) is 0.645. The third kappa shape index (κ3) is 2.93. The smallest absolute Gasteiger partial charge is 0.246 e. The molecule has 1 aromatic carbocycles. The zero-order chi connectivity index (χ0) is 14.0. The predicted molar refractivity (Wildman–Crippen MR) is 67.5 cm³/mol. The average molecular weight is 286 g/mol. The molecule has 7 heteroatoms. The number of amides is 1. The van der Waals surface area contributed by atoms with E-state index in [9.17, 15) is 17.6 Å². The highest BCUT2D eigenvalue weighted by molar-refractivity contribution is 7.89. The number of halogens is 1. The van der Waals surface area contributed by atoms with Crippen molar-refractivity contribution in [1.82, 2.24) is 9.62 Å². The van der Waals surface area contributed by atoms with E-state index in [1.54, 1.807) is 6.92 Å². The SMILES string of the molecule is Cc1ccc(S(=O)(=O)N2CCCNC(=O)C2)c(F)c1. The molecule has 1 N–H and O–H groups in total. The van der Waals surface area contributed by atoms with E-state index in [0.29, 0.717) is 18.5 Å². The number of benzene rings is 1. The van der Waals surface area contributed by atoms with Crippen LogP contribution in [0, 0.1) is 12.7 Å². The van der Waals surface area contributed by atoms with Gasteiger partial charge in [-0.3, -0.25) is 4.79 Å². The van der Waals surface area contributed by atoms with Gasteiger partial charge in [0.2, 0.25) is 15.9 Å². The van der Waals surface area contributed by atoms with Crippen LogP contribution in [0.2, 0.25) is 0 Å². The normalized spacial score (nSPS) is 17.9. The molecule has 2 rings (SSSR count). The van der Waals surface area contributed by atoms with E-state index in [1.165, 1.54) is 18.2 Å². The molecule has 1 aliphatic heterocycles. The molecule has 1 aromatic rings. The summed E-state index contributed by atoms with van der Waals surface area (Å²) in [5, 5.41) is 2.58. The Morgan fingerprint density at radius 1 is 1.37 bits per heavy atom. The van der Waals surface area contributed by atoms with Crippen LogP contribution in [0.15, 0.2) is 23.1 Å². The summed E-state index contributed by atoms with van der Waals surface area (Å²) in [5.41, 5.74) is 0.644. The van der Waals surface area contributed by atoms with E-state index in [1.807, 2.05) is 0 Å². The largest absolute Gasteiger partial charge is 0.355 e. The van der Waals surface area contributed by atoms with Crippen molar-refractivity contribution >= 4 is 15.9 Å². The molecule has 104 valence electrons. The number of nitrogens with one attached hydrogen (secondary N) is 1. The van der Waals surface area contributed by atoms with Crippen LogP contribution < -0.4 is 5.32 Å². The first-order valence-electron chi connectivity index (χ1n) is 5.94. The number of nitrogens with zero attached hydrogens (tertiary/aromatic N) is 1. The summed E-state index contributed by atoms with van der Waals surface area (Å²) in [6.45, 7) is 2.05. The molecule has 0 atom stereocenters. The molecule has 5 nitrogen and oxygen atoms in total. The lowest BCUT2D eigenvalue weighted by atomic mass is 10.2. The highest BCUT2D eigenvalue weighted by atomic mass is 32.2. The molecule has 0 aliphatic carbocycles. The van der Waals surface area contributed by atoms with Crippen molar-refractivity contribution in [3.63, 3.8) is 0 Å². The molecule has 0 radical (unpaired) electrons. The lowest BCUT2D eigenvalue weighted by molar-refractivity contribution is -0.120. The van der Waals surface area contributed by atoms with Crippen molar-refractivity contribution in [3.05, 3.63) is 29.6 Å². The number of hydrogen-bond acceptors (Lipinski definition) is 3. The average Bonchev–Trinajstić information content (AvgIpc) is 2.53. The molecular weight excluding hydrogens is 271 g/mol. The van der Waals surface area contributed by atoms with Gasteiger partial charge in [0.25, 0.3) is 0 Å². The van der Waals surface area contributed by atoms with Crippen molar-refractivity contribution in [2.45, 2.75) is 18.2 Å². The molecule has 0 saturated carbocycles. The van der Waals surface area contributed by atoms with Gasteiger partial charge < -0.3 is 5.32 Å². The minimum Gasteiger partial charge on any atom is -0.355 e. The molecule has 1 amide bonds. The monoisotopic (exact) mass is 286 g/mol. The Bertz CT molecular complexity index is 601. The van der Waals surface area contributed by atoms with Crippen LogP contribution in [-0.4, -0.2) is 38.3 Å². The molecule has 19 heavy (non-hydrogen) atoms. The van der Waals surface area contributed by atoms with Crippen LogP contribution in [0.1, 0.15) is 12.0 Å². The van der Waals surface area contributed by atoms with E-state index in [2.05, 4.69) is 5.32 Å². The third-order valence-electron chi connectivity index (χ3n) is 2.93. The maximum Gasteiger partial charge on any atom is 0.246 e. The molecule has 0 aromatic heterocycles. The van der Waals surface area contributed by atoms with Gasteiger partial charge in [0.1, 0.15) is 10.7 Å². The summed E-state index contributed by atoms with van der Waals surface area (Å²) in [7, 11) is -3.97. The van der Waals surface area contributed by atoms with Crippen LogP contribution in [0.3, 0.4) is 0 Å². The fraction of sp³-hybridized carbons (Fsp3) is 0.417. The fourth-order valence-corrected chi connectivity index (χ4v) is 3.42. The highest BCUT2D eigenvalue weighted by Crippen LogP contribution is 2.20. The quantitative estimate of drug-likeness (QED) is 0.868. The van der Waals surface area contributed by atoms with E-state index < -0.39 is 15.8 Å². The molecule has 0 bridgehead atoms. The van der Waals surface area contributed by atoms with E-state index in [-0.39, 0.29) is 23.9 Å². The second-order valence-corrected chi connectivity index (χ2v) is 6.38. The first-order chi connectivity index (χ1) is 8.91. The lowest BCUT2D eigenvalue weighted by Gasteiger charge is -2.19. The van der Waals surface area contributed by atoms with Gasteiger partial charge in [0, 0.05) is 13.1 Å². The fourth-order valence-electron chi connectivity index (χ4n) is 1.94. The molecule has 1 heterocycles. The molecular formula is C12H15FN2O3S. The Kier molecular flexibility index (Phi) is 3.86. The summed E-state index contributed by atoms with van der Waals surface area (Å²) in [4.78, 5) is 11.0. The topological polar surface area (TPSA) is 66.5 Å². The number of aryl methyl sites for hydroxylation is 1. The Morgan fingerprint density at radius 3 is 2.79 bits per heavy atom. The maximum absolute atomic E-state index is 13.8. The third-order valence-corrected chi connectivity index (χ3v) is 4.81. The van der Waals surface area contributed by atoms with Crippen molar-refractivity contribution in [1.29, 1.82) is 0 Å². The summed E-state index contributed by atoms with van der Waals surface area (Å²) in [6.07, 6.45) is 0.512. The zero-order valence-electron chi connectivity index (χ0n) is 10.5. The van der Waals surface area contributed by atoms with Crippen molar-refractivity contribution < 1.29 is 17.6 Å². The van der Waals surface area contributed by atoms with Gasteiger partial charge in [-0.1, -0.05) is 6.07 Å². The van der Waals surface area contributed by atoms with Gasteiger partial charge in [0.15, 0.2) is 0 Å². The van der Waals surface area contributed by atoms with Crippen molar-refractivity contribution in [2.24, 2.45) is 0 Å². The molecule has 1 saturated heterocycles. The van der Waals surface area contributed by atoms with Gasteiger partial charge in [-0.05, 0) is 31.0 Å².